The Bertz CT molecular complexity index is 586. The zero-order valence-corrected chi connectivity index (χ0v) is 12.7. The highest BCUT2D eigenvalue weighted by atomic mass is 79.9. The van der Waals surface area contributed by atoms with Crippen molar-refractivity contribution in [3.8, 4) is 0 Å². The van der Waals surface area contributed by atoms with Crippen LogP contribution in [0.15, 0.2) is 59.1 Å². The van der Waals surface area contributed by atoms with E-state index in [-0.39, 0.29) is 6.04 Å². The first kappa shape index (κ1) is 14.8. The van der Waals surface area contributed by atoms with Crippen molar-refractivity contribution in [3.05, 3.63) is 70.2 Å². The average Bonchev–Trinajstić information content (AvgIpc) is 2.45. The molecule has 0 aliphatic rings. The van der Waals surface area contributed by atoms with Crippen molar-refractivity contribution in [2.45, 2.75) is 19.0 Å². The summed E-state index contributed by atoms with van der Waals surface area (Å²) in [4.78, 5) is 11.5. The minimum absolute atomic E-state index is 0.0770. The molecular formula is C16H16BrNO2. The first-order chi connectivity index (χ1) is 9.59. The standard InChI is InChI=1S/C16H16BrNO2/c1-11(13-9-5-6-10-14(13)17)18-15(16(19)20)12-7-3-2-4-8-12/h2-11,15,18H,1H3,(H,19,20). The number of carboxylic acid groups (broad SMARTS) is 1. The van der Waals surface area contributed by atoms with Crippen LogP contribution in [0.4, 0.5) is 0 Å². The maximum Gasteiger partial charge on any atom is 0.325 e. The molecule has 2 N–H and O–H groups in total. The van der Waals surface area contributed by atoms with Crippen LogP contribution in [0.1, 0.15) is 30.1 Å². The van der Waals surface area contributed by atoms with E-state index in [0.717, 1.165) is 15.6 Å². The SMILES string of the molecule is CC(NC(C(=O)O)c1ccccc1)c1ccccc1Br. The molecule has 104 valence electrons. The predicted octanol–water partition coefficient (Wildman–Crippen LogP) is 3.93. The summed E-state index contributed by atoms with van der Waals surface area (Å²) in [6.45, 7) is 1.96. The van der Waals surface area contributed by atoms with Crippen molar-refractivity contribution in [2.24, 2.45) is 0 Å². The lowest BCUT2D eigenvalue weighted by Gasteiger charge is -2.21. The summed E-state index contributed by atoms with van der Waals surface area (Å²) >= 11 is 3.49. The van der Waals surface area contributed by atoms with Crippen LogP contribution in [-0.2, 0) is 4.79 Å². The second kappa shape index (κ2) is 6.68. The average molecular weight is 334 g/mol. The van der Waals surface area contributed by atoms with Crippen LogP contribution in [0.5, 0.6) is 0 Å². The van der Waals surface area contributed by atoms with E-state index in [4.69, 9.17) is 0 Å². The Labute approximate surface area is 126 Å². The predicted molar refractivity (Wildman–Crippen MR) is 82.5 cm³/mol. The number of halogens is 1. The van der Waals surface area contributed by atoms with Gasteiger partial charge in [0.1, 0.15) is 6.04 Å². The maximum atomic E-state index is 11.5. The van der Waals surface area contributed by atoms with Gasteiger partial charge in [0.15, 0.2) is 0 Å². The quantitative estimate of drug-likeness (QED) is 0.871. The van der Waals surface area contributed by atoms with Gasteiger partial charge in [-0.25, -0.2) is 0 Å². The molecule has 0 aliphatic heterocycles. The van der Waals surface area contributed by atoms with E-state index in [9.17, 15) is 9.90 Å². The van der Waals surface area contributed by atoms with E-state index >= 15 is 0 Å². The van der Waals surface area contributed by atoms with E-state index in [1.807, 2.05) is 61.5 Å². The molecule has 0 fully saturated rings. The van der Waals surface area contributed by atoms with Crippen LogP contribution >= 0.6 is 15.9 Å². The summed E-state index contributed by atoms with van der Waals surface area (Å²) in [7, 11) is 0. The monoisotopic (exact) mass is 333 g/mol. The molecule has 0 aliphatic carbocycles. The van der Waals surface area contributed by atoms with E-state index < -0.39 is 12.0 Å². The third-order valence-electron chi connectivity index (χ3n) is 3.17. The molecule has 0 heterocycles. The third kappa shape index (κ3) is 3.46. The molecule has 2 atom stereocenters. The van der Waals surface area contributed by atoms with Crippen molar-refractivity contribution in [3.63, 3.8) is 0 Å². The Balaban J connectivity index is 2.21. The topological polar surface area (TPSA) is 49.3 Å². The molecule has 0 spiro atoms. The van der Waals surface area contributed by atoms with E-state index in [1.165, 1.54) is 0 Å². The highest BCUT2D eigenvalue weighted by molar-refractivity contribution is 9.10. The molecule has 2 rings (SSSR count). The number of hydrogen-bond acceptors (Lipinski definition) is 2. The van der Waals surface area contributed by atoms with Gasteiger partial charge in [-0.1, -0.05) is 64.5 Å². The van der Waals surface area contributed by atoms with Crippen LogP contribution in [0.25, 0.3) is 0 Å². The molecule has 0 bridgehead atoms. The lowest BCUT2D eigenvalue weighted by Crippen LogP contribution is -2.30. The maximum absolute atomic E-state index is 11.5. The smallest absolute Gasteiger partial charge is 0.325 e. The molecule has 0 saturated carbocycles. The second-order valence-electron chi connectivity index (χ2n) is 4.59. The normalized spacial score (nSPS) is 13.7. The summed E-state index contributed by atoms with van der Waals surface area (Å²) in [5.41, 5.74) is 1.79. The highest BCUT2D eigenvalue weighted by Gasteiger charge is 2.22. The number of aliphatic carboxylic acids is 1. The Morgan fingerprint density at radius 1 is 1.10 bits per heavy atom. The molecule has 2 aromatic rings. The fourth-order valence-electron chi connectivity index (χ4n) is 2.12. The first-order valence-electron chi connectivity index (χ1n) is 6.38. The molecule has 0 radical (unpaired) electrons. The van der Waals surface area contributed by atoms with Gasteiger partial charge >= 0.3 is 5.97 Å². The highest BCUT2D eigenvalue weighted by Crippen LogP contribution is 2.25. The first-order valence-corrected chi connectivity index (χ1v) is 7.17. The summed E-state index contributed by atoms with van der Waals surface area (Å²) in [5.74, 6) is -0.880. The Hall–Kier alpha value is -1.65. The van der Waals surface area contributed by atoms with E-state index in [2.05, 4.69) is 21.2 Å². The minimum Gasteiger partial charge on any atom is -0.480 e. The van der Waals surface area contributed by atoms with Crippen LogP contribution in [0.2, 0.25) is 0 Å². The lowest BCUT2D eigenvalue weighted by atomic mass is 10.0. The number of benzene rings is 2. The largest absolute Gasteiger partial charge is 0.480 e. The number of rotatable bonds is 5. The lowest BCUT2D eigenvalue weighted by molar-refractivity contribution is -0.139. The van der Waals surface area contributed by atoms with Crippen molar-refractivity contribution < 1.29 is 9.90 Å². The number of carboxylic acids is 1. The Morgan fingerprint density at radius 3 is 2.30 bits per heavy atom. The number of hydrogen-bond donors (Lipinski definition) is 2. The molecule has 0 amide bonds. The van der Waals surface area contributed by atoms with Crippen LogP contribution in [-0.4, -0.2) is 11.1 Å². The fraction of sp³-hybridized carbons (Fsp3) is 0.188. The molecule has 2 unspecified atom stereocenters. The molecule has 20 heavy (non-hydrogen) atoms. The van der Waals surface area contributed by atoms with Gasteiger partial charge in [-0.3, -0.25) is 10.1 Å². The van der Waals surface area contributed by atoms with Gasteiger partial charge in [0.2, 0.25) is 0 Å². The van der Waals surface area contributed by atoms with Gasteiger partial charge < -0.3 is 5.11 Å². The molecule has 0 saturated heterocycles. The third-order valence-corrected chi connectivity index (χ3v) is 3.89. The molecule has 2 aromatic carbocycles. The van der Waals surface area contributed by atoms with Crippen molar-refractivity contribution in [2.75, 3.05) is 0 Å². The Morgan fingerprint density at radius 2 is 1.70 bits per heavy atom. The van der Waals surface area contributed by atoms with Crippen LogP contribution in [0.3, 0.4) is 0 Å². The zero-order valence-electron chi connectivity index (χ0n) is 11.1. The van der Waals surface area contributed by atoms with Gasteiger partial charge in [-0.05, 0) is 24.1 Å². The number of carbonyl (C=O) groups is 1. The molecule has 4 heteroatoms. The van der Waals surface area contributed by atoms with Gasteiger partial charge in [-0.2, -0.15) is 0 Å². The van der Waals surface area contributed by atoms with Gasteiger partial charge in [-0.15, -0.1) is 0 Å². The fourth-order valence-corrected chi connectivity index (χ4v) is 2.75. The second-order valence-corrected chi connectivity index (χ2v) is 5.45. The zero-order chi connectivity index (χ0) is 14.5. The van der Waals surface area contributed by atoms with Crippen LogP contribution in [0, 0.1) is 0 Å². The van der Waals surface area contributed by atoms with Gasteiger partial charge in [0.05, 0.1) is 0 Å². The minimum atomic E-state index is -0.880. The van der Waals surface area contributed by atoms with Crippen molar-refractivity contribution in [1.82, 2.24) is 5.32 Å². The Kier molecular flexibility index (Phi) is 4.93. The van der Waals surface area contributed by atoms with Gasteiger partial charge in [0, 0.05) is 10.5 Å². The molecular weight excluding hydrogens is 318 g/mol. The number of nitrogens with one attached hydrogen (secondary N) is 1. The summed E-state index contributed by atoms with van der Waals surface area (Å²) < 4.78 is 0.970. The van der Waals surface area contributed by atoms with E-state index in [0.29, 0.717) is 0 Å². The van der Waals surface area contributed by atoms with E-state index in [1.54, 1.807) is 0 Å². The van der Waals surface area contributed by atoms with Crippen molar-refractivity contribution in [1.29, 1.82) is 0 Å². The van der Waals surface area contributed by atoms with Gasteiger partial charge in [0.25, 0.3) is 0 Å². The molecule has 0 aromatic heterocycles. The summed E-state index contributed by atoms with van der Waals surface area (Å²) in [6.07, 6.45) is 0. The van der Waals surface area contributed by atoms with Crippen LogP contribution < -0.4 is 5.32 Å². The molecule has 3 nitrogen and oxygen atoms in total. The van der Waals surface area contributed by atoms with Crippen molar-refractivity contribution >= 4 is 21.9 Å². The summed E-state index contributed by atoms with van der Waals surface area (Å²) in [5, 5.41) is 12.6. The summed E-state index contributed by atoms with van der Waals surface area (Å²) in [6, 6.07) is 16.2.